The molecule has 0 bridgehead atoms. The third-order valence-electron chi connectivity index (χ3n) is 3.54. The van der Waals surface area contributed by atoms with Gasteiger partial charge in [0, 0.05) is 7.05 Å². The van der Waals surface area contributed by atoms with E-state index < -0.39 is 0 Å². The quantitative estimate of drug-likeness (QED) is 0.728. The van der Waals surface area contributed by atoms with Gasteiger partial charge in [-0.25, -0.2) is 0 Å². The maximum absolute atomic E-state index is 12.4. The predicted octanol–water partition coefficient (Wildman–Crippen LogP) is 3.01. The van der Waals surface area contributed by atoms with Crippen LogP contribution in [-0.4, -0.2) is 37.0 Å². The summed E-state index contributed by atoms with van der Waals surface area (Å²) in [6.45, 7) is 8.30. The summed E-state index contributed by atoms with van der Waals surface area (Å²) in [7, 11) is 1.63. The van der Waals surface area contributed by atoms with Gasteiger partial charge in [-0.3, -0.25) is 9.59 Å². The van der Waals surface area contributed by atoms with Gasteiger partial charge in [0.25, 0.3) is 0 Å². The molecule has 1 aromatic rings. The summed E-state index contributed by atoms with van der Waals surface area (Å²) in [4.78, 5) is 25.2. The molecule has 0 spiro atoms. The second-order valence-electron chi connectivity index (χ2n) is 6.06. The summed E-state index contributed by atoms with van der Waals surface area (Å²) < 4.78 is 4.87. The molecule has 1 aromatic carbocycles. The summed E-state index contributed by atoms with van der Waals surface area (Å²) in [6.07, 6.45) is 1.03. The Labute approximate surface area is 133 Å². The zero-order valence-corrected chi connectivity index (χ0v) is 14.3. The van der Waals surface area contributed by atoms with Crippen LogP contribution in [0.5, 0.6) is 0 Å². The summed E-state index contributed by atoms with van der Waals surface area (Å²) in [5, 5.41) is 0. The van der Waals surface area contributed by atoms with Crippen LogP contribution in [0.15, 0.2) is 24.3 Å². The average Bonchev–Trinajstić information content (AvgIpc) is 2.46. The molecule has 4 nitrogen and oxygen atoms in total. The fourth-order valence-electron chi connectivity index (χ4n) is 2.37. The lowest BCUT2D eigenvalue weighted by Gasteiger charge is -2.21. The largest absolute Gasteiger partial charge is 0.465 e. The lowest BCUT2D eigenvalue weighted by atomic mass is 9.96. The van der Waals surface area contributed by atoms with Crippen molar-refractivity contribution < 1.29 is 14.3 Å². The van der Waals surface area contributed by atoms with Gasteiger partial charge in [0.2, 0.25) is 5.91 Å². The third kappa shape index (κ3) is 5.51. The van der Waals surface area contributed by atoms with Gasteiger partial charge >= 0.3 is 5.97 Å². The Balaban J connectivity index is 2.67. The zero-order chi connectivity index (χ0) is 16.7. The maximum atomic E-state index is 12.4. The van der Waals surface area contributed by atoms with E-state index in [-0.39, 0.29) is 24.3 Å². The number of amides is 1. The number of carbonyl (C=O) groups excluding carboxylic acids is 2. The van der Waals surface area contributed by atoms with E-state index >= 15 is 0 Å². The molecule has 0 saturated heterocycles. The van der Waals surface area contributed by atoms with Crippen LogP contribution in [0.3, 0.4) is 0 Å². The smallest absolute Gasteiger partial charge is 0.325 e. The van der Waals surface area contributed by atoms with Crippen molar-refractivity contribution in [3.63, 3.8) is 0 Å². The molecular formula is C18H27NO3. The molecule has 0 saturated carbocycles. The highest BCUT2D eigenvalue weighted by Gasteiger charge is 2.21. The molecule has 0 radical (unpaired) electrons. The summed E-state index contributed by atoms with van der Waals surface area (Å²) >= 11 is 0. The highest BCUT2D eigenvalue weighted by Crippen LogP contribution is 2.19. The molecule has 1 amide bonds. The van der Waals surface area contributed by atoms with Crippen LogP contribution in [0.2, 0.25) is 0 Å². The Morgan fingerprint density at radius 1 is 1.14 bits per heavy atom. The number of esters is 1. The van der Waals surface area contributed by atoms with E-state index in [2.05, 4.69) is 26.0 Å². The fourth-order valence-corrected chi connectivity index (χ4v) is 2.37. The summed E-state index contributed by atoms with van der Waals surface area (Å²) in [6, 6.07) is 8.14. The molecular weight excluding hydrogens is 278 g/mol. The highest BCUT2D eigenvalue weighted by molar-refractivity contribution is 5.86. The predicted molar refractivity (Wildman–Crippen MR) is 87.7 cm³/mol. The molecule has 1 rings (SSSR count). The van der Waals surface area contributed by atoms with Gasteiger partial charge in [-0.15, -0.1) is 0 Å². The molecule has 122 valence electrons. The molecule has 4 heteroatoms. The molecule has 0 aromatic heterocycles. The Bertz CT molecular complexity index is 494. The molecule has 1 atom stereocenters. The van der Waals surface area contributed by atoms with Crippen LogP contribution >= 0.6 is 0 Å². The van der Waals surface area contributed by atoms with Crippen molar-refractivity contribution in [1.29, 1.82) is 0 Å². The lowest BCUT2D eigenvalue weighted by molar-refractivity contribution is -0.148. The Kier molecular flexibility index (Phi) is 7.09. The Morgan fingerprint density at radius 3 is 2.23 bits per heavy atom. The number of carbonyl (C=O) groups is 2. The van der Waals surface area contributed by atoms with E-state index in [0.29, 0.717) is 12.5 Å². The topological polar surface area (TPSA) is 46.6 Å². The first-order chi connectivity index (χ1) is 10.3. The van der Waals surface area contributed by atoms with Gasteiger partial charge in [0.05, 0.1) is 12.5 Å². The van der Waals surface area contributed by atoms with Crippen molar-refractivity contribution in [3.05, 3.63) is 35.4 Å². The van der Waals surface area contributed by atoms with E-state index in [0.717, 1.165) is 12.0 Å². The van der Waals surface area contributed by atoms with Gasteiger partial charge in [0.15, 0.2) is 0 Å². The second-order valence-corrected chi connectivity index (χ2v) is 6.06. The number of nitrogens with zero attached hydrogens (tertiary/aromatic N) is 1. The first-order valence-electron chi connectivity index (χ1n) is 7.84. The molecule has 22 heavy (non-hydrogen) atoms. The molecule has 1 unspecified atom stereocenters. The molecule has 0 fully saturated rings. The Hall–Kier alpha value is -1.84. The number of hydrogen-bond donors (Lipinski definition) is 0. The van der Waals surface area contributed by atoms with Gasteiger partial charge in [-0.1, -0.05) is 38.1 Å². The van der Waals surface area contributed by atoms with Gasteiger partial charge in [0.1, 0.15) is 6.54 Å². The van der Waals surface area contributed by atoms with Crippen molar-refractivity contribution >= 4 is 11.9 Å². The lowest BCUT2D eigenvalue weighted by Crippen LogP contribution is -2.35. The van der Waals surface area contributed by atoms with Gasteiger partial charge in [-0.05, 0) is 37.3 Å². The first-order valence-corrected chi connectivity index (χ1v) is 7.84. The molecule has 0 heterocycles. The number of benzene rings is 1. The van der Waals surface area contributed by atoms with E-state index in [9.17, 15) is 9.59 Å². The second kappa shape index (κ2) is 8.57. The normalized spacial score (nSPS) is 12.1. The maximum Gasteiger partial charge on any atom is 0.325 e. The number of rotatable bonds is 7. The van der Waals surface area contributed by atoms with Crippen LogP contribution in [0.25, 0.3) is 0 Å². The van der Waals surface area contributed by atoms with E-state index in [1.54, 1.807) is 14.0 Å². The highest BCUT2D eigenvalue weighted by atomic mass is 16.5. The number of hydrogen-bond acceptors (Lipinski definition) is 3. The van der Waals surface area contributed by atoms with Crippen molar-refractivity contribution in [2.75, 3.05) is 20.2 Å². The minimum absolute atomic E-state index is 0.0115. The summed E-state index contributed by atoms with van der Waals surface area (Å²) in [5.41, 5.74) is 2.24. The van der Waals surface area contributed by atoms with Crippen LogP contribution in [0.4, 0.5) is 0 Å². The minimum atomic E-state index is -0.377. The average molecular weight is 305 g/mol. The van der Waals surface area contributed by atoms with Crippen molar-refractivity contribution in [3.8, 4) is 0 Å². The van der Waals surface area contributed by atoms with Crippen LogP contribution in [-0.2, 0) is 20.7 Å². The van der Waals surface area contributed by atoms with Crippen molar-refractivity contribution in [1.82, 2.24) is 4.90 Å². The minimum Gasteiger partial charge on any atom is -0.465 e. The number of ether oxygens (including phenoxy) is 1. The van der Waals surface area contributed by atoms with Crippen LogP contribution in [0, 0.1) is 5.92 Å². The van der Waals surface area contributed by atoms with Crippen LogP contribution < -0.4 is 0 Å². The molecule has 0 aliphatic heterocycles. The van der Waals surface area contributed by atoms with Gasteiger partial charge in [-0.2, -0.15) is 0 Å². The number of likely N-dealkylation sites (N-methyl/N-ethyl adjacent to an activating group) is 1. The molecule has 0 N–H and O–H groups in total. The van der Waals surface area contributed by atoms with Gasteiger partial charge < -0.3 is 9.64 Å². The molecule has 0 aliphatic rings. The SMILES string of the molecule is CCOC(=O)CN(C)C(=O)C(C)c1ccc(CC(C)C)cc1. The van der Waals surface area contributed by atoms with E-state index in [1.807, 2.05) is 19.1 Å². The first kappa shape index (κ1) is 18.2. The Morgan fingerprint density at radius 2 is 1.73 bits per heavy atom. The third-order valence-corrected chi connectivity index (χ3v) is 3.54. The monoisotopic (exact) mass is 305 g/mol. The van der Waals surface area contributed by atoms with Crippen molar-refractivity contribution in [2.24, 2.45) is 5.92 Å². The van der Waals surface area contributed by atoms with E-state index in [4.69, 9.17) is 4.74 Å². The summed E-state index contributed by atoms with van der Waals surface area (Å²) in [5.74, 6) is -0.115. The molecule has 0 aliphatic carbocycles. The van der Waals surface area contributed by atoms with E-state index in [1.165, 1.54) is 10.5 Å². The zero-order valence-electron chi connectivity index (χ0n) is 14.3. The standard InChI is InChI=1S/C18H27NO3/c1-6-22-17(20)12-19(5)18(21)14(4)16-9-7-15(8-10-16)11-13(2)3/h7-10,13-14H,6,11-12H2,1-5H3. The fraction of sp³-hybridized carbons (Fsp3) is 0.556. The van der Waals surface area contributed by atoms with Crippen molar-refractivity contribution in [2.45, 2.75) is 40.0 Å². The van der Waals surface area contributed by atoms with Crippen LogP contribution in [0.1, 0.15) is 44.7 Å².